The zero-order valence-electron chi connectivity index (χ0n) is 17.9. The standard InChI is InChI=1S/C21H31N5O2S/c1-15(29-5)7-6-12-22-20(27)26-19-24-14-23-18(25-19)13-28-17-10-8-16(9-11-17)21(2,3)4/h8-11,14-15H,6-7,12-13H2,1-5H3,(H2,22,23,24,25,26,27). The Kier molecular flexibility index (Phi) is 8.70. The summed E-state index contributed by atoms with van der Waals surface area (Å²) in [7, 11) is 0. The molecule has 0 fully saturated rings. The van der Waals surface area contributed by atoms with Gasteiger partial charge in [0.1, 0.15) is 18.7 Å². The molecule has 0 aliphatic heterocycles. The lowest BCUT2D eigenvalue weighted by Gasteiger charge is -2.19. The third-order valence-electron chi connectivity index (χ3n) is 4.41. The number of rotatable bonds is 9. The minimum Gasteiger partial charge on any atom is -0.486 e. The number of amides is 2. The van der Waals surface area contributed by atoms with Gasteiger partial charge in [-0.05, 0) is 42.2 Å². The summed E-state index contributed by atoms with van der Waals surface area (Å²) in [6, 6.07) is 7.66. The summed E-state index contributed by atoms with van der Waals surface area (Å²) < 4.78 is 5.75. The maximum absolute atomic E-state index is 12.0. The number of ether oxygens (including phenoxy) is 1. The number of hydrogen-bond acceptors (Lipinski definition) is 6. The molecule has 2 amide bonds. The second kappa shape index (κ2) is 11.0. The molecule has 0 spiro atoms. The molecule has 8 heteroatoms. The minimum absolute atomic E-state index is 0.0983. The molecule has 1 heterocycles. The Bertz CT molecular complexity index is 777. The van der Waals surface area contributed by atoms with E-state index in [-0.39, 0.29) is 24.0 Å². The summed E-state index contributed by atoms with van der Waals surface area (Å²) >= 11 is 1.83. The van der Waals surface area contributed by atoms with E-state index in [0.717, 1.165) is 18.6 Å². The first-order chi connectivity index (χ1) is 13.8. The minimum atomic E-state index is -0.322. The predicted octanol–water partition coefficient (Wildman–Crippen LogP) is 4.40. The van der Waals surface area contributed by atoms with Crippen LogP contribution in [0, 0.1) is 0 Å². The van der Waals surface area contributed by atoms with Gasteiger partial charge in [0.2, 0.25) is 5.95 Å². The number of carbonyl (C=O) groups is 1. The largest absolute Gasteiger partial charge is 0.486 e. The molecular weight excluding hydrogens is 386 g/mol. The number of urea groups is 1. The molecule has 1 atom stereocenters. The van der Waals surface area contributed by atoms with Crippen LogP contribution in [0.1, 0.15) is 51.9 Å². The molecule has 0 aliphatic carbocycles. The van der Waals surface area contributed by atoms with Crippen molar-refractivity contribution in [2.24, 2.45) is 0 Å². The molecule has 0 radical (unpaired) electrons. The maximum atomic E-state index is 12.0. The van der Waals surface area contributed by atoms with Crippen molar-refractivity contribution in [1.29, 1.82) is 0 Å². The molecule has 0 bridgehead atoms. The summed E-state index contributed by atoms with van der Waals surface area (Å²) in [5.74, 6) is 1.39. The van der Waals surface area contributed by atoms with Crippen LogP contribution in [0.2, 0.25) is 0 Å². The van der Waals surface area contributed by atoms with Gasteiger partial charge in [0.15, 0.2) is 5.82 Å². The number of nitrogens with one attached hydrogen (secondary N) is 2. The first-order valence-electron chi connectivity index (χ1n) is 9.77. The predicted molar refractivity (Wildman–Crippen MR) is 119 cm³/mol. The second-order valence-corrected chi connectivity index (χ2v) is 9.13. The third-order valence-corrected chi connectivity index (χ3v) is 5.45. The third kappa shape index (κ3) is 8.27. The average molecular weight is 418 g/mol. The molecule has 1 aromatic carbocycles. The van der Waals surface area contributed by atoms with Crippen LogP contribution in [0.3, 0.4) is 0 Å². The summed E-state index contributed by atoms with van der Waals surface area (Å²) in [5.41, 5.74) is 1.34. The van der Waals surface area contributed by atoms with E-state index in [9.17, 15) is 4.79 Å². The van der Waals surface area contributed by atoms with Crippen LogP contribution >= 0.6 is 11.8 Å². The molecule has 1 aromatic heterocycles. The van der Waals surface area contributed by atoms with Crippen molar-refractivity contribution in [3.8, 4) is 5.75 Å². The quantitative estimate of drug-likeness (QED) is 0.588. The van der Waals surface area contributed by atoms with Gasteiger partial charge in [-0.3, -0.25) is 5.32 Å². The fourth-order valence-corrected chi connectivity index (χ4v) is 2.92. The number of anilines is 1. The normalized spacial score (nSPS) is 12.3. The van der Waals surface area contributed by atoms with Crippen LogP contribution in [0.5, 0.6) is 5.75 Å². The van der Waals surface area contributed by atoms with Gasteiger partial charge in [0, 0.05) is 11.8 Å². The molecule has 2 N–H and O–H groups in total. The molecule has 2 rings (SSSR count). The number of thioether (sulfide) groups is 1. The van der Waals surface area contributed by atoms with Gasteiger partial charge in [-0.1, -0.05) is 39.8 Å². The van der Waals surface area contributed by atoms with Gasteiger partial charge < -0.3 is 10.1 Å². The van der Waals surface area contributed by atoms with E-state index < -0.39 is 0 Å². The number of nitrogens with zero attached hydrogens (tertiary/aromatic N) is 3. The Balaban J connectivity index is 1.80. The first-order valence-corrected chi connectivity index (χ1v) is 11.1. The number of carbonyl (C=O) groups excluding carboxylic acids is 1. The molecule has 7 nitrogen and oxygen atoms in total. The van der Waals surface area contributed by atoms with Crippen molar-refractivity contribution in [3.05, 3.63) is 42.0 Å². The van der Waals surface area contributed by atoms with Gasteiger partial charge in [-0.15, -0.1) is 0 Å². The lowest BCUT2D eigenvalue weighted by Crippen LogP contribution is -2.30. The molecule has 29 heavy (non-hydrogen) atoms. The summed E-state index contributed by atoms with van der Waals surface area (Å²) in [6.07, 6.45) is 5.45. The van der Waals surface area contributed by atoms with E-state index >= 15 is 0 Å². The summed E-state index contributed by atoms with van der Waals surface area (Å²) in [5, 5.41) is 6.04. The van der Waals surface area contributed by atoms with E-state index in [0.29, 0.717) is 17.6 Å². The lowest BCUT2D eigenvalue weighted by molar-refractivity contribution is 0.251. The van der Waals surface area contributed by atoms with Gasteiger partial charge in [0.25, 0.3) is 0 Å². The van der Waals surface area contributed by atoms with E-state index in [1.54, 1.807) is 0 Å². The van der Waals surface area contributed by atoms with Crippen LogP contribution < -0.4 is 15.4 Å². The van der Waals surface area contributed by atoms with Crippen molar-refractivity contribution >= 4 is 23.7 Å². The molecule has 0 aliphatic rings. The van der Waals surface area contributed by atoms with E-state index in [4.69, 9.17) is 4.74 Å². The van der Waals surface area contributed by atoms with Crippen molar-refractivity contribution < 1.29 is 9.53 Å². The first kappa shape index (κ1) is 22.9. The Morgan fingerprint density at radius 3 is 2.59 bits per heavy atom. The van der Waals surface area contributed by atoms with Crippen molar-refractivity contribution in [3.63, 3.8) is 0 Å². The average Bonchev–Trinajstić information content (AvgIpc) is 2.69. The molecular formula is C21H31N5O2S. The van der Waals surface area contributed by atoms with E-state index in [1.807, 2.05) is 23.9 Å². The van der Waals surface area contributed by atoms with Crippen LogP contribution in [0.4, 0.5) is 10.7 Å². The van der Waals surface area contributed by atoms with Gasteiger partial charge in [0.05, 0.1) is 0 Å². The van der Waals surface area contributed by atoms with Crippen molar-refractivity contribution in [2.75, 3.05) is 18.1 Å². The highest BCUT2D eigenvalue weighted by Gasteiger charge is 2.13. The zero-order valence-corrected chi connectivity index (χ0v) is 18.7. The summed E-state index contributed by atoms with van der Waals surface area (Å²) in [4.78, 5) is 24.3. The highest BCUT2D eigenvalue weighted by Crippen LogP contribution is 2.24. The lowest BCUT2D eigenvalue weighted by atomic mass is 9.87. The van der Waals surface area contributed by atoms with Crippen molar-refractivity contribution in [1.82, 2.24) is 20.3 Å². The monoisotopic (exact) mass is 417 g/mol. The van der Waals surface area contributed by atoms with Gasteiger partial charge in [-0.2, -0.15) is 16.7 Å². The number of hydrogen-bond donors (Lipinski definition) is 2. The Labute approximate surface area is 177 Å². The smallest absolute Gasteiger partial charge is 0.321 e. The summed E-state index contributed by atoms with van der Waals surface area (Å²) in [6.45, 7) is 9.50. The Morgan fingerprint density at radius 1 is 1.21 bits per heavy atom. The highest BCUT2D eigenvalue weighted by molar-refractivity contribution is 7.99. The molecule has 158 valence electrons. The van der Waals surface area contributed by atoms with Crippen LogP contribution in [-0.2, 0) is 12.0 Å². The van der Waals surface area contributed by atoms with Gasteiger partial charge in [-0.25, -0.2) is 14.8 Å². The topological polar surface area (TPSA) is 89.0 Å². The fraction of sp³-hybridized carbons (Fsp3) is 0.524. The molecule has 1 unspecified atom stereocenters. The Hall–Kier alpha value is -2.35. The molecule has 2 aromatic rings. The molecule has 0 saturated carbocycles. The highest BCUT2D eigenvalue weighted by atomic mass is 32.2. The Morgan fingerprint density at radius 2 is 1.93 bits per heavy atom. The number of aromatic nitrogens is 3. The zero-order chi connectivity index (χ0) is 21.3. The van der Waals surface area contributed by atoms with Crippen LogP contribution in [-0.4, -0.2) is 39.0 Å². The van der Waals surface area contributed by atoms with Crippen molar-refractivity contribution in [2.45, 2.75) is 57.8 Å². The fourth-order valence-electron chi connectivity index (χ4n) is 2.51. The molecule has 0 saturated heterocycles. The van der Waals surface area contributed by atoms with Gasteiger partial charge >= 0.3 is 6.03 Å². The second-order valence-electron chi connectivity index (χ2n) is 7.86. The van der Waals surface area contributed by atoms with E-state index in [2.05, 4.69) is 71.7 Å². The van der Waals surface area contributed by atoms with Crippen LogP contribution in [0.25, 0.3) is 0 Å². The van der Waals surface area contributed by atoms with E-state index in [1.165, 1.54) is 11.9 Å². The SMILES string of the molecule is CSC(C)CCCNC(=O)Nc1ncnc(COc2ccc(C(C)(C)C)cc2)n1. The number of benzene rings is 1. The maximum Gasteiger partial charge on any atom is 0.321 e. The van der Waals surface area contributed by atoms with Crippen LogP contribution in [0.15, 0.2) is 30.6 Å².